The molecule has 0 radical (unpaired) electrons. The normalized spacial score (nSPS) is 12.8. The summed E-state index contributed by atoms with van der Waals surface area (Å²) in [7, 11) is 0. The van der Waals surface area contributed by atoms with Gasteiger partial charge in [-0.25, -0.2) is 4.79 Å². The predicted octanol–water partition coefficient (Wildman–Crippen LogP) is 4.98. The van der Waals surface area contributed by atoms with Gasteiger partial charge in [-0.1, -0.05) is 51.8 Å². The lowest BCUT2D eigenvalue weighted by molar-refractivity contribution is 0.0465. The lowest BCUT2D eigenvalue weighted by Crippen LogP contribution is -2.30. The third-order valence-corrected chi connectivity index (χ3v) is 6.73. The second-order valence-corrected chi connectivity index (χ2v) is 9.44. The van der Waals surface area contributed by atoms with Crippen LogP contribution < -0.4 is 0 Å². The summed E-state index contributed by atoms with van der Waals surface area (Å²) in [4.78, 5) is 39.1. The Morgan fingerprint density at radius 3 is 2.32 bits per heavy atom. The van der Waals surface area contributed by atoms with E-state index in [1.807, 2.05) is 0 Å². The van der Waals surface area contributed by atoms with Crippen LogP contribution >= 0.6 is 23.2 Å². The van der Waals surface area contributed by atoms with Gasteiger partial charge in [0.15, 0.2) is 0 Å². The van der Waals surface area contributed by atoms with Gasteiger partial charge in [0.2, 0.25) is 0 Å². The second-order valence-electron chi connectivity index (χ2n) is 8.62. The summed E-state index contributed by atoms with van der Waals surface area (Å²) >= 11 is 12.5. The predicted molar refractivity (Wildman–Crippen MR) is 137 cm³/mol. The largest absolute Gasteiger partial charge is 0.455 e. The minimum absolute atomic E-state index is 0.117. The maximum atomic E-state index is 12.9. The molecule has 0 spiro atoms. The van der Waals surface area contributed by atoms with Gasteiger partial charge in [-0.05, 0) is 44.0 Å². The van der Waals surface area contributed by atoms with Crippen LogP contribution in [0.1, 0.15) is 55.4 Å². The lowest BCUT2D eigenvalue weighted by atomic mass is 10.1. The summed E-state index contributed by atoms with van der Waals surface area (Å²) in [6.07, 6.45) is 2.94. The highest BCUT2D eigenvalue weighted by Crippen LogP contribution is 2.37. The number of rotatable bonds is 9. The molecule has 194 valence electrons. The van der Waals surface area contributed by atoms with Crippen molar-refractivity contribution in [2.75, 3.05) is 6.54 Å². The van der Waals surface area contributed by atoms with E-state index in [2.05, 4.69) is 15.5 Å². The Morgan fingerprint density at radius 1 is 0.974 bits per heavy atom. The molecule has 10 nitrogen and oxygen atoms in total. The second kappa shape index (κ2) is 10.8. The third-order valence-electron chi connectivity index (χ3n) is 6.10. The van der Waals surface area contributed by atoms with E-state index in [1.54, 1.807) is 60.3 Å². The van der Waals surface area contributed by atoms with Crippen LogP contribution in [0.3, 0.4) is 0 Å². The number of aromatic nitrogens is 4. The zero-order valence-corrected chi connectivity index (χ0v) is 21.7. The van der Waals surface area contributed by atoms with Crippen LogP contribution in [-0.4, -0.2) is 49.4 Å². The van der Waals surface area contributed by atoms with E-state index in [9.17, 15) is 14.4 Å². The van der Waals surface area contributed by atoms with Crippen LogP contribution in [0, 0.1) is 6.92 Å². The summed E-state index contributed by atoms with van der Waals surface area (Å²) in [5.41, 5.74) is 2.04. The number of hydrogen-bond acceptors (Lipinski definition) is 8. The quantitative estimate of drug-likeness (QED) is 0.161. The lowest BCUT2D eigenvalue weighted by Gasteiger charge is -2.13. The summed E-state index contributed by atoms with van der Waals surface area (Å²) in [5.74, 6) is -0.926. The van der Waals surface area contributed by atoms with Gasteiger partial charge in [-0.3, -0.25) is 19.2 Å². The van der Waals surface area contributed by atoms with Crippen LogP contribution in [0.2, 0.25) is 10.0 Å². The first-order valence-electron chi connectivity index (χ1n) is 11.8. The van der Waals surface area contributed by atoms with Crippen molar-refractivity contribution in [2.24, 2.45) is 0 Å². The molecule has 4 aromatic rings. The molecule has 5 rings (SSSR count). The number of ether oxygens (including phenoxy) is 1. The average Bonchev–Trinajstić information content (AvgIpc) is 3.58. The minimum Gasteiger partial charge on any atom is -0.455 e. The fourth-order valence-corrected chi connectivity index (χ4v) is 4.80. The number of carbonyl (C=O) groups excluding carboxylic acids is 3. The highest BCUT2D eigenvalue weighted by atomic mass is 35.5. The number of hydrogen-bond donors (Lipinski definition) is 0. The highest BCUT2D eigenvalue weighted by Gasteiger charge is 2.34. The van der Waals surface area contributed by atoms with Crippen molar-refractivity contribution < 1.29 is 23.6 Å². The number of amides is 2. The van der Waals surface area contributed by atoms with Gasteiger partial charge in [0.05, 0.1) is 27.4 Å². The Labute approximate surface area is 227 Å². The smallest absolute Gasteiger partial charge is 0.344 e. The molecule has 1 aliphatic heterocycles. The first kappa shape index (κ1) is 25.6. The summed E-state index contributed by atoms with van der Waals surface area (Å²) in [6, 6.07) is 11.8. The molecular weight excluding hydrogens is 533 g/mol. The van der Waals surface area contributed by atoms with Crippen molar-refractivity contribution in [1.29, 1.82) is 0 Å². The molecule has 12 heteroatoms. The fourth-order valence-electron chi connectivity index (χ4n) is 4.22. The zero-order valence-electron chi connectivity index (χ0n) is 20.2. The van der Waals surface area contributed by atoms with Crippen LogP contribution in [0.15, 0.2) is 53.2 Å². The summed E-state index contributed by atoms with van der Waals surface area (Å²) in [6.45, 7) is 2.32. The number of benzene rings is 2. The molecule has 1 aliphatic rings. The summed E-state index contributed by atoms with van der Waals surface area (Å²) in [5, 5.41) is 12.7. The first-order valence-corrected chi connectivity index (χ1v) is 12.5. The zero-order chi connectivity index (χ0) is 26.8. The monoisotopic (exact) mass is 553 g/mol. The molecule has 0 bridgehead atoms. The van der Waals surface area contributed by atoms with Crippen molar-refractivity contribution >= 4 is 41.0 Å². The van der Waals surface area contributed by atoms with Gasteiger partial charge >= 0.3 is 5.97 Å². The van der Waals surface area contributed by atoms with Crippen molar-refractivity contribution in [1.82, 2.24) is 25.1 Å². The van der Waals surface area contributed by atoms with Gasteiger partial charge in [-0.2, -0.15) is 0 Å². The molecule has 2 aromatic carbocycles. The number of nitrogens with zero attached hydrogens (tertiary/aromatic N) is 5. The van der Waals surface area contributed by atoms with E-state index >= 15 is 0 Å². The molecular formula is C26H21Cl2N5O5. The number of unbranched alkanes of at least 4 members (excludes halogenated alkanes) is 1. The maximum Gasteiger partial charge on any atom is 0.344 e. The van der Waals surface area contributed by atoms with E-state index < -0.39 is 5.97 Å². The molecule has 0 N–H and O–H groups in total. The Balaban J connectivity index is 1.14. The average molecular weight is 554 g/mol. The highest BCUT2D eigenvalue weighted by molar-refractivity contribution is 6.39. The van der Waals surface area contributed by atoms with Gasteiger partial charge in [0.1, 0.15) is 29.3 Å². The number of esters is 1. The standard InChI is InChI=1S/C26H21Cl2N5O5/c1-15-21(23(30-38-15)22-19(27)9-6-10-20(22)28)26(36)37-14-16-13-32(31-29-16)11-4-5-12-33-24(34)17-7-2-3-8-18(17)25(33)35/h2-3,6-10,13H,4-5,11-12,14H2,1H3. The van der Waals surface area contributed by atoms with Gasteiger partial charge in [-0.15, -0.1) is 5.10 Å². The maximum absolute atomic E-state index is 12.9. The molecule has 0 aliphatic carbocycles. The first-order chi connectivity index (χ1) is 18.3. The van der Waals surface area contributed by atoms with Gasteiger partial charge in [0.25, 0.3) is 11.8 Å². The Kier molecular flexibility index (Phi) is 7.26. The van der Waals surface area contributed by atoms with Gasteiger partial charge < -0.3 is 9.26 Å². The fraction of sp³-hybridized carbons (Fsp3) is 0.231. The number of carbonyl (C=O) groups is 3. The van der Waals surface area contributed by atoms with E-state index in [0.717, 1.165) is 0 Å². The molecule has 0 saturated heterocycles. The van der Waals surface area contributed by atoms with Crippen LogP contribution in [0.5, 0.6) is 0 Å². The molecule has 0 saturated carbocycles. The number of fused-ring (bicyclic) bond motifs is 1. The number of halogens is 2. The van der Waals surface area contributed by atoms with E-state index in [0.29, 0.717) is 58.4 Å². The Bertz CT molecular complexity index is 1490. The molecule has 0 fully saturated rings. The van der Waals surface area contributed by atoms with Crippen molar-refractivity contribution in [3.63, 3.8) is 0 Å². The van der Waals surface area contributed by atoms with Crippen LogP contribution in [-0.2, 0) is 17.9 Å². The van der Waals surface area contributed by atoms with Crippen molar-refractivity contribution in [3.8, 4) is 11.3 Å². The Morgan fingerprint density at radius 2 is 1.63 bits per heavy atom. The SMILES string of the molecule is Cc1onc(-c2c(Cl)cccc2Cl)c1C(=O)OCc1cn(CCCCN2C(=O)c3ccccc3C2=O)nn1. The van der Waals surface area contributed by atoms with Crippen LogP contribution in [0.25, 0.3) is 11.3 Å². The molecule has 2 aromatic heterocycles. The third kappa shape index (κ3) is 4.92. The summed E-state index contributed by atoms with van der Waals surface area (Å²) < 4.78 is 12.3. The van der Waals surface area contributed by atoms with E-state index in [4.69, 9.17) is 32.5 Å². The molecule has 38 heavy (non-hydrogen) atoms. The molecule has 2 amide bonds. The van der Waals surface area contributed by atoms with Gasteiger partial charge in [0, 0.05) is 18.7 Å². The van der Waals surface area contributed by atoms with E-state index in [-0.39, 0.29) is 35.4 Å². The van der Waals surface area contributed by atoms with Crippen molar-refractivity contribution in [2.45, 2.75) is 32.9 Å². The number of imide groups is 1. The molecule has 0 atom stereocenters. The van der Waals surface area contributed by atoms with Crippen molar-refractivity contribution in [3.05, 3.63) is 86.9 Å². The molecule has 3 heterocycles. The van der Waals surface area contributed by atoms with Crippen LogP contribution in [0.4, 0.5) is 0 Å². The van der Waals surface area contributed by atoms with E-state index in [1.165, 1.54) is 4.90 Å². The molecule has 0 unspecified atom stereocenters. The number of aryl methyl sites for hydroxylation is 2. The minimum atomic E-state index is -0.662. The Hall–Kier alpha value is -4.02. The topological polar surface area (TPSA) is 120 Å².